The minimum absolute atomic E-state index is 0.119. The number of nitrogens with zero attached hydrogens (tertiary/aromatic N) is 2. The Labute approximate surface area is 152 Å². The summed E-state index contributed by atoms with van der Waals surface area (Å²) >= 11 is 1.30. The molecule has 1 aromatic rings. The molecule has 1 aromatic heterocycles. The second kappa shape index (κ2) is 9.24. The number of carbonyl (C=O) groups excluding carboxylic acids is 1. The Kier molecular flexibility index (Phi) is 7.31. The van der Waals surface area contributed by atoms with Gasteiger partial charge in [-0.25, -0.2) is 0 Å². The second-order valence-electron chi connectivity index (χ2n) is 6.61. The monoisotopic (exact) mass is 369 g/mol. The van der Waals surface area contributed by atoms with Crippen LogP contribution in [0, 0.1) is 11.3 Å². The molecule has 1 amide bonds. The fraction of sp³-hybridized carbons (Fsp3) is 0.765. The molecule has 1 aliphatic carbocycles. The van der Waals surface area contributed by atoms with E-state index in [1.807, 2.05) is 13.8 Å². The zero-order valence-electron chi connectivity index (χ0n) is 14.9. The number of hydrogen-bond acceptors (Lipinski definition) is 6. The van der Waals surface area contributed by atoms with Crippen LogP contribution in [0.4, 0.5) is 5.13 Å². The van der Waals surface area contributed by atoms with Crippen molar-refractivity contribution in [3.8, 4) is 0 Å². The van der Waals surface area contributed by atoms with E-state index in [-0.39, 0.29) is 5.91 Å². The summed E-state index contributed by atoms with van der Waals surface area (Å²) < 4.78 is 5.29. The minimum Gasteiger partial charge on any atom is -0.481 e. The lowest BCUT2D eigenvalue weighted by molar-refractivity contribution is -0.144. The number of aliphatic carboxylic acids is 1. The van der Waals surface area contributed by atoms with Crippen molar-refractivity contribution in [3.63, 3.8) is 0 Å². The molecule has 0 spiro atoms. The molecular weight excluding hydrogens is 342 g/mol. The first-order valence-corrected chi connectivity index (χ1v) is 9.76. The number of anilines is 1. The maximum Gasteiger partial charge on any atom is 0.306 e. The summed E-state index contributed by atoms with van der Waals surface area (Å²) in [7, 11) is 0. The number of aromatic nitrogens is 2. The highest BCUT2D eigenvalue weighted by Gasteiger charge is 2.44. The molecule has 0 aliphatic heterocycles. The second-order valence-corrected chi connectivity index (χ2v) is 7.67. The average molecular weight is 369 g/mol. The van der Waals surface area contributed by atoms with E-state index in [0.29, 0.717) is 36.2 Å². The maximum absolute atomic E-state index is 12.9. The van der Waals surface area contributed by atoms with E-state index < -0.39 is 17.3 Å². The van der Waals surface area contributed by atoms with Gasteiger partial charge in [0.1, 0.15) is 11.6 Å². The Morgan fingerprint density at radius 3 is 2.64 bits per heavy atom. The van der Waals surface area contributed by atoms with Crippen LogP contribution in [0.3, 0.4) is 0 Å². The van der Waals surface area contributed by atoms with Crippen LogP contribution < -0.4 is 5.32 Å². The van der Waals surface area contributed by atoms with Gasteiger partial charge in [0.05, 0.1) is 11.3 Å². The van der Waals surface area contributed by atoms with Gasteiger partial charge in [-0.2, -0.15) is 0 Å². The number of carboxylic acids is 1. The zero-order valence-corrected chi connectivity index (χ0v) is 15.7. The van der Waals surface area contributed by atoms with Gasteiger partial charge >= 0.3 is 5.97 Å². The third kappa shape index (κ3) is 5.22. The van der Waals surface area contributed by atoms with Gasteiger partial charge < -0.3 is 15.2 Å². The number of amides is 1. The molecule has 0 radical (unpaired) electrons. The fourth-order valence-corrected chi connectivity index (χ4v) is 4.16. The molecule has 1 saturated carbocycles. The molecule has 140 valence electrons. The normalized spacial score (nSPS) is 17.4. The fourth-order valence-electron chi connectivity index (χ4n) is 3.49. The van der Waals surface area contributed by atoms with Crippen molar-refractivity contribution < 1.29 is 19.4 Å². The van der Waals surface area contributed by atoms with Crippen LogP contribution in [0.5, 0.6) is 0 Å². The predicted molar refractivity (Wildman–Crippen MR) is 95.4 cm³/mol. The van der Waals surface area contributed by atoms with Gasteiger partial charge in [0, 0.05) is 6.61 Å². The summed E-state index contributed by atoms with van der Waals surface area (Å²) in [5.41, 5.74) is -0.607. The van der Waals surface area contributed by atoms with Crippen molar-refractivity contribution >= 4 is 28.3 Å². The molecule has 7 nitrogen and oxygen atoms in total. The van der Waals surface area contributed by atoms with Crippen molar-refractivity contribution in [1.29, 1.82) is 0 Å². The highest BCUT2D eigenvalue weighted by Crippen LogP contribution is 2.45. The van der Waals surface area contributed by atoms with Crippen LogP contribution in [-0.2, 0) is 20.9 Å². The van der Waals surface area contributed by atoms with Crippen molar-refractivity contribution in [2.45, 2.75) is 65.4 Å². The van der Waals surface area contributed by atoms with Gasteiger partial charge in [-0.3, -0.25) is 9.59 Å². The number of carboxylic acid groups (broad SMARTS) is 1. The number of ether oxygens (including phenoxy) is 1. The quantitative estimate of drug-likeness (QED) is 0.655. The Morgan fingerprint density at radius 2 is 2.04 bits per heavy atom. The first kappa shape index (κ1) is 19.8. The molecule has 2 N–H and O–H groups in total. The first-order chi connectivity index (χ1) is 12.0. The summed E-state index contributed by atoms with van der Waals surface area (Å²) in [6, 6.07) is 0. The minimum atomic E-state index is -0.809. The molecule has 1 atom stereocenters. The van der Waals surface area contributed by atoms with Gasteiger partial charge in [-0.15, -0.1) is 10.2 Å². The predicted octanol–water partition coefficient (Wildman–Crippen LogP) is 3.46. The highest BCUT2D eigenvalue weighted by molar-refractivity contribution is 7.15. The number of nitrogens with one attached hydrogen (secondary N) is 1. The third-order valence-electron chi connectivity index (χ3n) is 4.78. The molecule has 8 heteroatoms. The van der Waals surface area contributed by atoms with Crippen LogP contribution in [0.2, 0.25) is 0 Å². The van der Waals surface area contributed by atoms with Crippen molar-refractivity contribution in [2.24, 2.45) is 11.3 Å². The Hall–Kier alpha value is -1.54. The van der Waals surface area contributed by atoms with E-state index in [9.17, 15) is 14.7 Å². The van der Waals surface area contributed by atoms with Crippen LogP contribution in [0.1, 0.15) is 63.8 Å². The maximum atomic E-state index is 12.9. The Balaban J connectivity index is 2.06. The number of rotatable bonds is 10. The van der Waals surface area contributed by atoms with E-state index >= 15 is 0 Å². The summed E-state index contributed by atoms with van der Waals surface area (Å²) in [4.78, 5) is 24.5. The van der Waals surface area contributed by atoms with Crippen LogP contribution in [-0.4, -0.2) is 33.8 Å². The highest BCUT2D eigenvalue weighted by atomic mass is 32.1. The number of hydrogen-bond donors (Lipinski definition) is 2. The average Bonchev–Trinajstić information content (AvgIpc) is 3.22. The van der Waals surface area contributed by atoms with Gasteiger partial charge in [-0.05, 0) is 32.6 Å². The van der Waals surface area contributed by atoms with Gasteiger partial charge in [0.25, 0.3) is 0 Å². The molecule has 1 fully saturated rings. The van der Waals surface area contributed by atoms with Crippen LogP contribution in [0.15, 0.2) is 0 Å². The molecule has 0 bridgehead atoms. The van der Waals surface area contributed by atoms with E-state index in [1.54, 1.807) is 0 Å². The van der Waals surface area contributed by atoms with Crippen LogP contribution in [0.25, 0.3) is 0 Å². The lowest BCUT2D eigenvalue weighted by Gasteiger charge is -2.29. The lowest BCUT2D eigenvalue weighted by atomic mass is 9.75. The molecule has 1 aliphatic rings. The van der Waals surface area contributed by atoms with E-state index in [0.717, 1.165) is 32.1 Å². The molecule has 1 heterocycles. The van der Waals surface area contributed by atoms with Crippen molar-refractivity contribution in [3.05, 3.63) is 5.01 Å². The molecule has 25 heavy (non-hydrogen) atoms. The standard InChI is InChI=1S/C17H27N3O4S/c1-3-7-12(14(21)22)10-17(8-5-6-9-17)15(23)18-16-20-19-13(25-16)11-24-4-2/h12H,3-11H2,1-2H3,(H,21,22)(H,18,20,23)/t12-/m1/s1. The first-order valence-electron chi connectivity index (χ1n) is 8.95. The van der Waals surface area contributed by atoms with Gasteiger partial charge in [0.15, 0.2) is 0 Å². The summed E-state index contributed by atoms with van der Waals surface area (Å²) in [6.45, 7) is 4.85. The van der Waals surface area contributed by atoms with E-state index in [2.05, 4.69) is 15.5 Å². The Morgan fingerprint density at radius 1 is 1.32 bits per heavy atom. The smallest absolute Gasteiger partial charge is 0.306 e. The molecule has 0 saturated heterocycles. The Bertz CT molecular complexity index is 584. The lowest BCUT2D eigenvalue weighted by Crippen LogP contribution is -2.37. The summed E-state index contributed by atoms with van der Waals surface area (Å²) in [5.74, 6) is -1.40. The SMILES string of the molecule is CCC[C@H](CC1(C(=O)Nc2nnc(COCC)s2)CCCC1)C(=O)O. The summed E-state index contributed by atoms with van der Waals surface area (Å²) in [5, 5.41) is 21.5. The van der Waals surface area contributed by atoms with Gasteiger partial charge in [0.2, 0.25) is 11.0 Å². The molecule has 2 rings (SSSR count). The molecule has 0 aromatic carbocycles. The van der Waals surface area contributed by atoms with Crippen LogP contribution >= 0.6 is 11.3 Å². The third-order valence-corrected chi connectivity index (χ3v) is 5.60. The summed E-state index contributed by atoms with van der Waals surface area (Å²) in [6.07, 6.45) is 5.17. The van der Waals surface area contributed by atoms with Crippen molar-refractivity contribution in [1.82, 2.24) is 10.2 Å². The largest absolute Gasteiger partial charge is 0.481 e. The van der Waals surface area contributed by atoms with E-state index in [1.165, 1.54) is 11.3 Å². The zero-order chi connectivity index (χ0) is 18.3. The molecular formula is C17H27N3O4S. The van der Waals surface area contributed by atoms with E-state index in [4.69, 9.17) is 4.74 Å². The number of carbonyl (C=O) groups is 2. The van der Waals surface area contributed by atoms with Gasteiger partial charge in [-0.1, -0.05) is 37.5 Å². The van der Waals surface area contributed by atoms with Crippen molar-refractivity contribution in [2.75, 3.05) is 11.9 Å². The topological polar surface area (TPSA) is 101 Å². The molecule has 0 unspecified atom stereocenters.